The molecule has 0 radical (unpaired) electrons. The molecule has 2 aromatic carbocycles. The number of hydrogen-bond donors (Lipinski definition) is 0. The van der Waals surface area contributed by atoms with Crippen LogP contribution < -0.4 is 4.18 Å². The minimum absolute atomic E-state index is 0.114. The molecule has 2 rings (SSSR count). The molecule has 5 heteroatoms. The molecular formula is C16H17FO3S. The maximum Gasteiger partial charge on any atom is 0.339 e. The van der Waals surface area contributed by atoms with Crippen LogP contribution >= 0.6 is 0 Å². The van der Waals surface area contributed by atoms with E-state index >= 15 is 0 Å². The van der Waals surface area contributed by atoms with Crippen molar-refractivity contribution in [3.63, 3.8) is 0 Å². The Morgan fingerprint density at radius 3 is 2.43 bits per heavy atom. The lowest BCUT2D eigenvalue weighted by Crippen LogP contribution is -2.11. The van der Waals surface area contributed by atoms with Gasteiger partial charge in [0.25, 0.3) is 0 Å². The number of rotatable bonds is 4. The number of halogens is 1. The normalized spacial score (nSPS) is 11.7. The SMILES string of the molecule is Cc1ccc(C(C)C)c(OS(=O)(=O)c2cccc(F)c2)c1. The van der Waals surface area contributed by atoms with Crippen LogP contribution in [0.2, 0.25) is 0 Å². The molecular weight excluding hydrogens is 291 g/mol. The monoisotopic (exact) mass is 308 g/mol. The van der Waals surface area contributed by atoms with E-state index < -0.39 is 15.9 Å². The van der Waals surface area contributed by atoms with Gasteiger partial charge in [-0.3, -0.25) is 0 Å². The molecule has 0 N–H and O–H groups in total. The Balaban J connectivity index is 2.44. The third-order valence-electron chi connectivity index (χ3n) is 3.08. The summed E-state index contributed by atoms with van der Waals surface area (Å²) in [5.74, 6) is -0.217. The number of hydrogen-bond acceptors (Lipinski definition) is 3. The Kier molecular flexibility index (Phi) is 4.32. The van der Waals surface area contributed by atoms with Crippen LogP contribution in [0.3, 0.4) is 0 Å². The quantitative estimate of drug-likeness (QED) is 0.801. The Morgan fingerprint density at radius 1 is 1.10 bits per heavy atom. The molecule has 21 heavy (non-hydrogen) atoms. The molecule has 0 heterocycles. The van der Waals surface area contributed by atoms with E-state index in [2.05, 4.69) is 0 Å². The van der Waals surface area contributed by atoms with Gasteiger partial charge in [-0.1, -0.05) is 32.0 Å². The molecule has 0 fully saturated rings. The van der Waals surface area contributed by atoms with E-state index in [0.717, 1.165) is 17.2 Å². The van der Waals surface area contributed by atoms with Crippen molar-refractivity contribution in [2.75, 3.05) is 0 Å². The fraction of sp³-hybridized carbons (Fsp3) is 0.250. The summed E-state index contributed by atoms with van der Waals surface area (Å²) in [7, 11) is -4.05. The van der Waals surface area contributed by atoms with Crippen LogP contribution in [0.25, 0.3) is 0 Å². The Bertz CT molecular complexity index is 752. The summed E-state index contributed by atoms with van der Waals surface area (Å²) in [6, 6.07) is 10.2. The van der Waals surface area contributed by atoms with Gasteiger partial charge in [-0.05, 0) is 48.2 Å². The summed E-state index contributed by atoms with van der Waals surface area (Å²) in [5.41, 5.74) is 1.68. The lowest BCUT2D eigenvalue weighted by molar-refractivity contribution is 0.480. The maximum absolute atomic E-state index is 13.2. The van der Waals surface area contributed by atoms with Gasteiger partial charge in [-0.15, -0.1) is 0 Å². The molecule has 0 aliphatic rings. The maximum atomic E-state index is 13.2. The van der Waals surface area contributed by atoms with Crippen molar-refractivity contribution >= 4 is 10.1 Å². The highest BCUT2D eigenvalue weighted by Crippen LogP contribution is 2.30. The minimum Gasteiger partial charge on any atom is -0.379 e. The molecule has 0 aliphatic carbocycles. The van der Waals surface area contributed by atoms with Crippen molar-refractivity contribution in [2.45, 2.75) is 31.6 Å². The van der Waals surface area contributed by atoms with Gasteiger partial charge in [0.2, 0.25) is 0 Å². The zero-order valence-corrected chi connectivity index (χ0v) is 12.9. The molecule has 0 amide bonds. The average Bonchev–Trinajstić information content (AvgIpc) is 2.38. The van der Waals surface area contributed by atoms with Gasteiger partial charge in [0.15, 0.2) is 0 Å². The Hall–Kier alpha value is -1.88. The summed E-state index contributed by atoms with van der Waals surface area (Å²) in [6.45, 7) is 5.75. The fourth-order valence-electron chi connectivity index (χ4n) is 1.98. The van der Waals surface area contributed by atoms with Gasteiger partial charge >= 0.3 is 10.1 Å². The van der Waals surface area contributed by atoms with Crippen molar-refractivity contribution in [3.8, 4) is 5.75 Å². The zero-order valence-electron chi connectivity index (χ0n) is 12.1. The summed E-state index contributed by atoms with van der Waals surface area (Å²) < 4.78 is 42.9. The van der Waals surface area contributed by atoms with Crippen LogP contribution in [0.4, 0.5) is 4.39 Å². The second kappa shape index (κ2) is 5.85. The van der Waals surface area contributed by atoms with Gasteiger partial charge < -0.3 is 4.18 Å². The smallest absolute Gasteiger partial charge is 0.339 e. The zero-order chi connectivity index (χ0) is 15.6. The first-order valence-corrected chi connectivity index (χ1v) is 8.01. The van der Waals surface area contributed by atoms with E-state index in [1.165, 1.54) is 18.2 Å². The van der Waals surface area contributed by atoms with E-state index in [-0.39, 0.29) is 16.6 Å². The average molecular weight is 308 g/mol. The van der Waals surface area contributed by atoms with E-state index in [9.17, 15) is 12.8 Å². The van der Waals surface area contributed by atoms with Crippen molar-refractivity contribution in [3.05, 3.63) is 59.4 Å². The molecule has 0 aromatic heterocycles. The highest BCUT2D eigenvalue weighted by atomic mass is 32.2. The Morgan fingerprint density at radius 2 is 1.81 bits per heavy atom. The fourth-order valence-corrected chi connectivity index (χ4v) is 2.96. The second-order valence-corrected chi connectivity index (χ2v) is 6.74. The molecule has 0 unspecified atom stereocenters. The van der Waals surface area contributed by atoms with Crippen LogP contribution in [0, 0.1) is 12.7 Å². The van der Waals surface area contributed by atoms with Crippen molar-refractivity contribution in [1.29, 1.82) is 0 Å². The largest absolute Gasteiger partial charge is 0.379 e. The predicted molar refractivity (Wildman–Crippen MR) is 79.5 cm³/mol. The molecule has 112 valence electrons. The molecule has 0 atom stereocenters. The van der Waals surface area contributed by atoms with Crippen molar-refractivity contribution in [1.82, 2.24) is 0 Å². The van der Waals surface area contributed by atoms with E-state index in [0.29, 0.717) is 0 Å². The van der Waals surface area contributed by atoms with Gasteiger partial charge in [-0.25, -0.2) is 4.39 Å². The van der Waals surface area contributed by atoms with Crippen molar-refractivity contribution < 1.29 is 17.0 Å². The van der Waals surface area contributed by atoms with Crippen LogP contribution in [0.1, 0.15) is 30.9 Å². The summed E-state index contributed by atoms with van der Waals surface area (Å²) in [5, 5.41) is 0. The van der Waals surface area contributed by atoms with E-state index in [4.69, 9.17) is 4.18 Å². The molecule has 0 aliphatic heterocycles. The Labute approximate surface area is 124 Å². The first kappa shape index (κ1) is 15.5. The highest BCUT2D eigenvalue weighted by molar-refractivity contribution is 7.87. The number of benzene rings is 2. The summed E-state index contributed by atoms with van der Waals surface area (Å²) in [6.07, 6.45) is 0. The van der Waals surface area contributed by atoms with Gasteiger partial charge in [0.05, 0.1) is 0 Å². The molecule has 2 aromatic rings. The van der Waals surface area contributed by atoms with E-state index in [1.54, 1.807) is 6.07 Å². The third-order valence-corrected chi connectivity index (χ3v) is 4.31. The third kappa shape index (κ3) is 3.61. The summed E-state index contributed by atoms with van der Waals surface area (Å²) >= 11 is 0. The van der Waals surface area contributed by atoms with E-state index in [1.807, 2.05) is 32.9 Å². The lowest BCUT2D eigenvalue weighted by Gasteiger charge is -2.14. The van der Waals surface area contributed by atoms with Gasteiger partial charge in [-0.2, -0.15) is 8.42 Å². The molecule has 0 bridgehead atoms. The molecule has 0 spiro atoms. The van der Waals surface area contributed by atoms with Crippen LogP contribution in [-0.4, -0.2) is 8.42 Å². The second-order valence-electron chi connectivity index (χ2n) is 5.19. The highest BCUT2D eigenvalue weighted by Gasteiger charge is 2.20. The predicted octanol–water partition coefficient (Wildman–Crippen LogP) is 4.03. The summed E-state index contributed by atoms with van der Waals surface area (Å²) in [4.78, 5) is -0.196. The van der Waals surface area contributed by atoms with Gasteiger partial charge in [0, 0.05) is 0 Å². The van der Waals surface area contributed by atoms with Crippen LogP contribution in [0.15, 0.2) is 47.4 Å². The van der Waals surface area contributed by atoms with Gasteiger partial charge in [0.1, 0.15) is 16.5 Å². The minimum atomic E-state index is -4.05. The first-order chi connectivity index (χ1) is 9.79. The standard InChI is InChI=1S/C16H17FO3S/c1-11(2)15-8-7-12(3)9-16(15)20-21(18,19)14-6-4-5-13(17)10-14/h4-11H,1-3H3. The topological polar surface area (TPSA) is 43.4 Å². The number of aryl methyl sites for hydroxylation is 1. The first-order valence-electron chi connectivity index (χ1n) is 6.60. The lowest BCUT2D eigenvalue weighted by atomic mass is 10.0. The molecule has 3 nitrogen and oxygen atoms in total. The van der Waals surface area contributed by atoms with Crippen LogP contribution in [-0.2, 0) is 10.1 Å². The van der Waals surface area contributed by atoms with Crippen LogP contribution in [0.5, 0.6) is 5.75 Å². The molecule has 0 saturated heterocycles. The van der Waals surface area contributed by atoms with Crippen molar-refractivity contribution in [2.24, 2.45) is 0 Å². The molecule has 0 saturated carbocycles.